The molecule has 1 aliphatic rings. The highest BCUT2D eigenvalue weighted by molar-refractivity contribution is 5.91. The van der Waals surface area contributed by atoms with Gasteiger partial charge in [0.15, 0.2) is 5.82 Å². The minimum absolute atomic E-state index is 0.000220. The van der Waals surface area contributed by atoms with Crippen molar-refractivity contribution in [2.24, 2.45) is 0 Å². The summed E-state index contributed by atoms with van der Waals surface area (Å²) in [6, 6.07) is 18.1. The number of piperazine rings is 1. The van der Waals surface area contributed by atoms with Gasteiger partial charge in [-0.15, -0.1) is 15.0 Å². The minimum atomic E-state index is -1.05. The molecule has 0 spiro atoms. The van der Waals surface area contributed by atoms with E-state index in [2.05, 4.69) is 39.4 Å². The number of carbonyl (C=O) groups is 1. The van der Waals surface area contributed by atoms with Crippen LogP contribution >= 0.6 is 0 Å². The average molecular weight is 377 g/mol. The Morgan fingerprint density at radius 1 is 0.964 bits per heavy atom. The molecule has 0 saturated carbocycles. The summed E-state index contributed by atoms with van der Waals surface area (Å²) < 4.78 is 0. The smallest absolute Gasteiger partial charge is 0.360 e. The van der Waals surface area contributed by atoms with Crippen LogP contribution < -0.4 is 4.90 Å². The second kappa shape index (κ2) is 7.82. The predicted octanol–water partition coefficient (Wildman–Crippen LogP) is 2.60. The summed E-state index contributed by atoms with van der Waals surface area (Å²) in [6.07, 6.45) is 0. The molecule has 7 heteroatoms. The summed E-state index contributed by atoms with van der Waals surface area (Å²) in [6.45, 7) is 6.01. The van der Waals surface area contributed by atoms with Crippen LogP contribution in [0.1, 0.15) is 21.6 Å². The molecular formula is C21H23N5O2. The first-order valence-corrected chi connectivity index (χ1v) is 9.39. The van der Waals surface area contributed by atoms with Gasteiger partial charge in [0.25, 0.3) is 0 Å². The number of para-hydroxylation sites is 1. The number of aryl methyl sites for hydroxylation is 1. The molecule has 0 radical (unpaired) electrons. The molecule has 0 bridgehead atoms. The van der Waals surface area contributed by atoms with Gasteiger partial charge in [-0.05, 0) is 24.1 Å². The fraction of sp³-hybridized carbons (Fsp3) is 0.286. The van der Waals surface area contributed by atoms with Crippen LogP contribution in [0.3, 0.4) is 0 Å². The third-order valence-corrected chi connectivity index (χ3v) is 5.05. The maximum Gasteiger partial charge on any atom is 0.360 e. The second-order valence-corrected chi connectivity index (χ2v) is 7.00. The zero-order chi connectivity index (χ0) is 19.5. The van der Waals surface area contributed by atoms with E-state index >= 15 is 0 Å². The van der Waals surface area contributed by atoms with E-state index in [-0.39, 0.29) is 5.69 Å². The molecule has 3 aromatic rings. The van der Waals surface area contributed by atoms with Crippen LogP contribution in [0.5, 0.6) is 0 Å². The van der Waals surface area contributed by atoms with Crippen molar-refractivity contribution >= 4 is 11.8 Å². The summed E-state index contributed by atoms with van der Waals surface area (Å²) in [5, 5.41) is 18.4. The topological polar surface area (TPSA) is 74.5 Å². The Morgan fingerprint density at radius 3 is 2.32 bits per heavy atom. The molecule has 2 heterocycles. The predicted molar refractivity (Wildman–Crippen MR) is 107 cm³/mol. The van der Waals surface area contributed by atoms with Gasteiger partial charge in [-0.25, -0.2) is 4.79 Å². The van der Waals surface area contributed by atoms with Crippen molar-refractivity contribution in [3.63, 3.8) is 0 Å². The molecule has 1 N–H and O–H groups in total. The minimum Gasteiger partial charge on any atom is -0.476 e. The van der Waals surface area contributed by atoms with Gasteiger partial charge in [0.1, 0.15) is 0 Å². The van der Waals surface area contributed by atoms with Crippen LogP contribution in [0.2, 0.25) is 0 Å². The fourth-order valence-electron chi connectivity index (χ4n) is 3.51. The van der Waals surface area contributed by atoms with Gasteiger partial charge in [0.05, 0.1) is 5.69 Å². The van der Waals surface area contributed by atoms with Crippen molar-refractivity contribution in [2.45, 2.75) is 13.5 Å². The molecule has 28 heavy (non-hydrogen) atoms. The number of carboxylic acid groups (broad SMARTS) is 1. The molecule has 1 aliphatic heterocycles. The molecule has 0 amide bonds. The highest BCUT2D eigenvalue weighted by Gasteiger charge is 2.27. The Morgan fingerprint density at radius 2 is 1.64 bits per heavy atom. The van der Waals surface area contributed by atoms with Crippen molar-refractivity contribution in [3.8, 4) is 5.69 Å². The normalized spacial score (nSPS) is 15.0. The van der Waals surface area contributed by atoms with E-state index in [0.717, 1.165) is 44.0 Å². The van der Waals surface area contributed by atoms with Gasteiger partial charge in [-0.1, -0.05) is 48.5 Å². The van der Waals surface area contributed by atoms with Crippen molar-refractivity contribution < 1.29 is 9.90 Å². The zero-order valence-corrected chi connectivity index (χ0v) is 15.8. The number of hydrogen-bond acceptors (Lipinski definition) is 5. The van der Waals surface area contributed by atoms with Crippen LogP contribution in [0.25, 0.3) is 5.69 Å². The number of anilines is 1. The molecule has 7 nitrogen and oxygen atoms in total. The average Bonchev–Trinajstić information content (AvgIpc) is 3.15. The van der Waals surface area contributed by atoms with E-state index in [4.69, 9.17) is 0 Å². The van der Waals surface area contributed by atoms with Crippen molar-refractivity contribution in [1.82, 2.24) is 19.9 Å². The van der Waals surface area contributed by atoms with Crippen LogP contribution in [-0.2, 0) is 6.54 Å². The van der Waals surface area contributed by atoms with Crippen LogP contribution in [-0.4, -0.2) is 57.1 Å². The zero-order valence-electron chi connectivity index (χ0n) is 15.8. The number of rotatable bonds is 5. The van der Waals surface area contributed by atoms with Gasteiger partial charge >= 0.3 is 5.97 Å². The summed E-state index contributed by atoms with van der Waals surface area (Å²) in [7, 11) is 0. The van der Waals surface area contributed by atoms with Gasteiger partial charge < -0.3 is 10.0 Å². The van der Waals surface area contributed by atoms with E-state index in [1.54, 1.807) is 0 Å². The molecule has 2 aromatic carbocycles. The van der Waals surface area contributed by atoms with Crippen LogP contribution in [0.4, 0.5) is 5.82 Å². The standard InChI is InChI=1S/C21H23N5O2/c1-16-7-5-6-10-18(16)26-22-19(21(27)28)20(23-26)25-13-11-24(12-14-25)15-17-8-3-2-4-9-17/h2-10H,11-15H2,1H3,(H,27,28). The van der Waals surface area contributed by atoms with Gasteiger partial charge in [0, 0.05) is 32.7 Å². The van der Waals surface area contributed by atoms with Crippen molar-refractivity contribution in [1.29, 1.82) is 0 Å². The maximum atomic E-state index is 11.7. The summed E-state index contributed by atoms with van der Waals surface area (Å²) in [4.78, 5) is 17.6. The highest BCUT2D eigenvalue weighted by atomic mass is 16.4. The number of aromatic nitrogens is 3. The molecule has 144 valence electrons. The highest BCUT2D eigenvalue weighted by Crippen LogP contribution is 2.21. The number of hydrogen-bond donors (Lipinski definition) is 1. The number of nitrogens with zero attached hydrogens (tertiary/aromatic N) is 5. The van der Waals surface area contributed by atoms with E-state index in [1.807, 2.05) is 42.2 Å². The van der Waals surface area contributed by atoms with E-state index in [1.165, 1.54) is 10.4 Å². The van der Waals surface area contributed by atoms with Crippen molar-refractivity contribution in [3.05, 3.63) is 71.4 Å². The Kier molecular flexibility index (Phi) is 5.08. The molecule has 4 rings (SSSR count). The largest absolute Gasteiger partial charge is 0.476 e. The van der Waals surface area contributed by atoms with E-state index < -0.39 is 5.97 Å². The Bertz CT molecular complexity index is 962. The summed E-state index contributed by atoms with van der Waals surface area (Å²) >= 11 is 0. The Balaban J connectivity index is 1.52. The second-order valence-electron chi connectivity index (χ2n) is 7.00. The number of carboxylic acids is 1. The van der Waals surface area contributed by atoms with Gasteiger partial charge in [-0.3, -0.25) is 4.90 Å². The number of benzene rings is 2. The molecule has 1 aromatic heterocycles. The quantitative estimate of drug-likeness (QED) is 0.737. The Labute approximate surface area is 163 Å². The van der Waals surface area contributed by atoms with Crippen molar-refractivity contribution in [2.75, 3.05) is 31.1 Å². The van der Waals surface area contributed by atoms with E-state index in [0.29, 0.717) is 5.82 Å². The lowest BCUT2D eigenvalue weighted by atomic mass is 10.2. The Hall–Kier alpha value is -3.19. The summed E-state index contributed by atoms with van der Waals surface area (Å²) in [5.74, 6) is -0.614. The lowest BCUT2D eigenvalue weighted by Gasteiger charge is -2.34. The third kappa shape index (κ3) is 3.75. The maximum absolute atomic E-state index is 11.7. The third-order valence-electron chi connectivity index (χ3n) is 5.05. The van der Waals surface area contributed by atoms with Gasteiger partial charge in [-0.2, -0.15) is 0 Å². The lowest BCUT2D eigenvalue weighted by Crippen LogP contribution is -2.46. The molecule has 1 saturated heterocycles. The molecule has 1 fully saturated rings. The molecule has 0 atom stereocenters. The molecular weight excluding hydrogens is 354 g/mol. The lowest BCUT2D eigenvalue weighted by molar-refractivity contribution is 0.0690. The van der Waals surface area contributed by atoms with Gasteiger partial charge in [0.2, 0.25) is 5.69 Å². The first kappa shape index (κ1) is 18.2. The molecule has 0 aliphatic carbocycles. The first-order valence-electron chi connectivity index (χ1n) is 9.39. The first-order chi connectivity index (χ1) is 13.6. The van der Waals surface area contributed by atoms with E-state index in [9.17, 15) is 9.90 Å². The monoisotopic (exact) mass is 377 g/mol. The number of aromatic carboxylic acids is 1. The van der Waals surface area contributed by atoms with Crippen LogP contribution in [0.15, 0.2) is 54.6 Å². The SMILES string of the molecule is Cc1ccccc1-n1nc(C(=O)O)c(N2CCN(Cc3ccccc3)CC2)n1. The fourth-order valence-corrected chi connectivity index (χ4v) is 3.51. The summed E-state index contributed by atoms with van der Waals surface area (Å²) in [5.41, 5.74) is 3.07. The van der Waals surface area contributed by atoms with Crippen LogP contribution in [0, 0.1) is 6.92 Å². The molecule has 0 unspecified atom stereocenters.